The molecule has 6 nitrogen and oxygen atoms in total. The summed E-state index contributed by atoms with van der Waals surface area (Å²) in [5.74, 6) is -3.04. The van der Waals surface area contributed by atoms with E-state index < -0.39 is 42.2 Å². The number of aliphatic hydroxyl groups excluding tert-OH is 2. The Bertz CT molecular complexity index is 279. The predicted molar refractivity (Wildman–Crippen MR) is 39.1 cm³/mol. The fourth-order valence-electron chi connectivity index (χ4n) is 1.29. The third-order valence-corrected chi connectivity index (χ3v) is 2.22. The van der Waals surface area contributed by atoms with Gasteiger partial charge >= 0.3 is 5.97 Å². The van der Waals surface area contributed by atoms with E-state index in [0.29, 0.717) is 0 Å². The largest absolute Gasteiger partial charge is 0.479 e. The van der Waals surface area contributed by atoms with Crippen LogP contribution in [-0.2, 0) is 9.59 Å². The smallest absolute Gasteiger partial charge is 0.339 e. The summed E-state index contributed by atoms with van der Waals surface area (Å²) in [6, 6.07) is 0. The number of carbonyl (C=O) groups is 2. The van der Waals surface area contributed by atoms with Gasteiger partial charge in [-0.2, -0.15) is 0 Å². The number of hydrogen-bond donors (Lipinski definition) is 4. The van der Waals surface area contributed by atoms with Gasteiger partial charge in [-0.15, -0.1) is 0 Å². The molecule has 0 radical (unpaired) electrons. The zero-order chi connectivity index (χ0) is 11.1. The highest BCUT2D eigenvalue weighted by molar-refractivity contribution is 5.93. The molecule has 1 fully saturated rings. The number of carboxylic acids is 1. The van der Waals surface area contributed by atoms with Crippen molar-refractivity contribution in [2.45, 2.75) is 30.4 Å². The van der Waals surface area contributed by atoms with Crippen molar-refractivity contribution in [3.8, 4) is 0 Å². The molecular weight excluding hydrogens is 199 g/mol. The van der Waals surface area contributed by atoms with Crippen LogP contribution < -0.4 is 0 Å². The van der Waals surface area contributed by atoms with Gasteiger partial charge in [-0.1, -0.05) is 0 Å². The molecule has 0 unspecified atom stereocenters. The van der Waals surface area contributed by atoms with Gasteiger partial charge < -0.3 is 20.4 Å². The van der Waals surface area contributed by atoms with E-state index in [1.165, 1.54) is 0 Å². The molecule has 0 heterocycles. The Hall–Kier alpha value is -1.05. The van der Waals surface area contributed by atoms with E-state index in [4.69, 9.17) is 15.3 Å². The quantitative estimate of drug-likeness (QED) is 0.390. The highest BCUT2D eigenvalue weighted by Gasteiger charge is 2.57. The number of Topliss-reactive ketones (excluding diaryl/α,β-unsaturated/α-hetero) is 1. The van der Waals surface area contributed by atoms with E-state index in [-0.39, 0.29) is 0 Å². The van der Waals surface area contributed by atoms with Crippen LogP contribution >= 0.6 is 0 Å². The average Bonchev–Trinajstić information content (AvgIpc) is 2.11. The van der Waals surface area contributed by atoms with Crippen LogP contribution in [0.1, 0.15) is 6.42 Å². The summed E-state index contributed by atoms with van der Waals surface area (Å²) >= 11 is 0. The van der Waals surface area contributed by atoms with Gasteiger partial charge in [0.15, 0.2) is 12.0 Å². The zero-order valence-electron chi connectivity index (χ0n) is 6.92. The standard InChI is InChI=1S/C7H9FO6/c8-5-4(11)3(10)2(9)1-7(5,14)6(12)13/h3-5,10-11,14H,1H2,(H,12,13)/t3-,4+,5+,7-/m1/s1. The Morgan fingerprint density at radius 2 is 2.00 bits per heavy atom. The molecule has 0 aromatic rings. The van der Waals surface area contributed by atoms with Crippen LogP contribution in [-0.4, -0.2) is 56.2 Å². The maximum absolute atomic E-state index is 13.1. The van der Waals surface area contributed by atoms with Gasteiger partial charge in [0.2, 0.25) is 5.60 Å². The first-order valence-electron chi connectivity index (χ1n) is 3.79. The van der Waals surface area contributed by atoms with Crippen molar-refractivity contribution >= 4 is 11.8 Å². The zero-order valence-corrected chi connectivity index (χ0v) is 6.92. The number of halogens is 1. The van der Waals surface area contributed by atoms with Gasteiger partial charge in [0.25, 0.3) is 0 Å². The van der Waals surface area contributed by atoms with Crippen molar-refractivity contribution < 1.29 is 34.4 Å². The second-order valence-corrected chi connectivity index (χ2v) is 3.21. The van der Waals surface area contributed by atoms with Gasteiger partial charge in [0.05, 0.1) is 6.42 Å². The molecule has 0 spiro atoms. The maximum Gasteiger partial charge on any atom is 0.339 e. The lowest BCUT2D eigenvalue weighted by Gasteiger charge is -2.36. The first kappa shape index (κ1) is 11.0. The number of aliphatic hydroxyl groups is 3. The number of carbonyl (C=O) groups excluding carboxylic acids is 1. The number of ketones is 1. The SMILES string of the molecule is O=C1C[C@](O)(C(=O)O)[C@@H](F)[C@@H](O)[C@@H]1O. The molecule has 0 amide bonds. The lowest BCUT2D eigenvalue weighted by Crippen LogP contribution is -2.62. The van der Waals surface area contributed by atoms with Crippen molar-refractivity contribution in [1.29, 1.82) is 0 Å². The normalized spacial score (nSPS) is 43.7. The molecule has 4 atom stereocenters. The summed E-state index contributed by atoms with van der Waals surface area (Å²) in [7, 11) is 0. The van der Waals surface area contributed by atoms with Crippen LogP contribution in [0.25, 0.3) is 0 Å². The molecule has 0 bridgehead atoms. The van der Waals surface area contributed by atoms with E-state index in [1.807, 2.05) is 0 Å². The molecule has 4 N–H and O–H groups in total. The summed E-state index contributed by atoms with van der Waals surface area (Å²) in [4.78, 5) is 21.3. The van der Waals surface area contributed by atoms with Gasteiger partial charge in [-0.05, 0) is 0 Å². The lowest BCUT2D eigenvalue weighted by atomic mass is 9.79. The van der Waals surface area contributed by atoms with Crippen LogP contribution in [0.3, 0.4) is 0 Å². The van der Waals surface area contributed by atoms with E-state index in [0.717, 1.165) is 0 Å². The number of alkyl halides is 1. The predicted octanol–water partition coefficient (Wildman–Crippen LogP) is -2.17. The minimum absolute atomic E-state index is 1.05. The van der Waals surface area contributed by atoms with Crippen LogP contribution in [0.15, 0.2) is 0 Å². The van der Waals surface area contributed by atoms with Crippen molar-refractivity contribution in [3.63, 3.8) is 0 Å². The molecule has 1 saturated carbocycles. The second kappa shape index (κ2) is 3.26. The molecule has 0 aromatic carbocycles. The lowest BCUT2D eigenvalue weighted by molar-refractivity contribution is -0.193. The first-order chi connectivity index (χ1) is 6.30. The van der Waals surface area contributed by atoms with Crippen molar-refractivity contribution in [2.24, 2.45) is 0 Å². The monoisotopic (exact) mass is 208 g/mol. The van der Waals surface area contributed by atoms with E-state index in [1.54, 1.807) is 0 Å². The highest BCUT2D eigenvalue weighted by atomic mass is 19.1. The number of carboxylic acid groups (broad SMARTS) is 1. The Morgan fingerprint density at radius 3 is 2.43 bits per heavy atom. The van der Waals surface area contributed by atoms with Gasteiger partial charge in [-0.3, -0.25) is 4.79 Å². The first-order valence-corrected chi connectivity index (χ1v) is 3.79. The van der Waals surface area contributed by atoms with Crippen LogP contribution in [0.2, 0.25) is 0 Å². The summed E-state index contributed by atoms with van der Waals surface area (Å²) in [6.45, 7) is 0. The molecule has 1 aliphatic rings. The van der Waals surface area contributed by atoms with E-state index in [2.05, 4.69) is 0 Å². The summed E-state index contributed by atoms with van der Waals surface area (Å²) in [5, 5.41) is 35.5. The van der Waals surface area contributed by atoms with Gasteiger partial charge in [0, 0.05) is 0 Å². The molecule has 1 rings (SSSR count). The fraction of sp³-hybridized carbons (Fsp3) is 0.714. The van der Waals surface area contributed by atoms with Crippen molar-refractivity contribution in [3.05, 3.63) is 0 Å². The maximum atomic E-state index is 13.1. The van der Waals surface area contributed by atoms with E-state index in [9.17, 15) is 19.1 Å². The summed E-state index contributed by atoms with van der Waals surface area (Å²) < 4.78 is 13.1. The molecular formula is C7H9FO6. The molecule has 1 aliphatic carbocycles. The molecule has 0 saturated heterocycles. The van der Waals surface area contributed by atoms with Crippen LogP contribution in [0.5, 0.6) is 0 Å². The minimum atomic E-state index is -2.95. The van der Waals surface area contributed by atoms with Gasteiger partial charge in [-0.25, -0.2) is 9.18 Å². The third kappa shape index (κ3) is 1.39. The van der Waals surface area contributed by atoms with Crippen LogP contribution in [0, 0.1) is 0 Å². The Labute approximate surface area is 77.6 Å². The molecule has 7 heteroatoms. The van der Waals surface area contributed by atoms with Gasteiger partial charge in [0.1, 0.15) is 12.2 Å². The topological polar surface area (TPSA) is 115 Å². The van der Waals surface area contributed by atoms with Crippen molar-refractivity contribution in [1.82, 2.24) is 0 Å². The highest BCUT2D eigenvalue weighted by Crippen LogP contribution is 2.29. The Morgan fingerprint density at radius 1 is 1.50 bits per heavy atom. The molecule has 14 heavy (non-hydrogen) atoms. The van der Waals surface area contributed by atoms with Crippen molar-refractivity contribution in [2.75, 3.05) is 0 Å². The second-order valence-electron chi connectivity index (χ2n) is 3.21. The van der Waals surface area contributed by atoms with Crippen LogP contribution in [0.4, 0.5) is 4.39 Å². The third-order valence-electron chi connectivity index (χ3n) is 2.22. The number of hydrogen-bond acceptors (Lipinski definition) is 5. The minimum Gasteiger partial charge on any atom is -0.479 e. The fourth-order valence-corrected chi connectivity index (χ4v) is 1.29. The Kier molecular flexibility index (Phi) is 2.57. The molecule has 80 valence electrons. The summed E-state index contributed by atoms with van der Waals surface area (Å²) in [6.07, 6.45) is -7.84. The molecule has 0 aliphatic heterocycles. The Balaban J connectivity index is 3.02. The molecule has 0 aromatic heterocycles. The average molecular weight is 208 g/mol. The number of aliphatic carboxylic acids is 1. The summed E-state index contributed by atoms with van der Waals surface area (Å²) in [5.41, 5.74) is -2.95. The number of rotatable bonds is 1. The van der Waals surface area contributed by atoms with E-state index >= 15 is 0 Å².